The molecule has 0 N–H and O–H groups in total. The van der Waals surface area contributed by atoms with Gasteiger partial charge in [-0.1, -0.05) is 247 Å². The SMILES string of the molecule is C=Cc1ccc(C2C=CC(OCC(C)CCC(C)CC3(c4ccc(C(C)(C)C)cc4)c4ccccc4-c4ccc(N(C5=CCC(c6ccc7c(c6)c6c(n7-c7ccccc7)=CCC(C7=CCC(C=C)CC7)C=6)C=C5)c5ccc(-c6ccccc6)cc5)cc43)=CC2)cc1. The van der Waals surface area contributed by atoms with Crippen LogP contribution < -0.4 is 15.5 Å². The van der Waals surface area contributed by atoms with Crippen molar-refractivity contribution in [2.75, 3.05) is 11.5 Å². The lowest BCUT2D eigenvalue weighted by molar-refractivity contribution is 0.170. The van der Waals surface area contributed by atoms with Crippen LogP contribution >= 0.6 is 0 Å². The zero-order chi connectivity index (χ0) is 62.9. The van der Waals surface area contributed by atoms with Crippen molar-refractivity contribution in [3.8, 4) is 27.9 Å². The van der Waals surface area contributed by atoms with E-state index in [1.54, 1.807) is 5.57 Å². The molecular formula is C89H88N2O. The Balaban J connectivity index is 0.795. The predicted octanol–water partition coefficient (Wildman–Crippen LogP) is 21.9. The minimum atomic E-state index is -0.392. The molecule has 8 aromatic carbocycles. The van der Waals surface area contributed by atoms with Crippen LogP contribution in [0.15, 0.2) is 273 Å². The normalized spacial score (nSPS) is 20.5. The Morgan fingerprint density at radius 2 is 1.28 bits per heavy atom. The van der Waals surface area contributed by atoms with Crippen LogP contribution in [-0.4, -0.2) is 11.2 Å². The molecule has 0 saturated carbocycles. The maximum Gasteiger partial charge on any atom is 0.115 e. The maximum atomic E-state index is 6.55. The first-order valence-corrected chi connectivity index (χ1v) is 34.1. The Bertz CT molecular complexity index is 4480. The summed E-state index contributed by atoms with van der Waals surface area (Å²) >= 11 is 0. The number of para-hydroxylation sites is 1. The lowest BCUT2D eigenvalue weighted by Crippen LogP contribution is -2.32. The van der Waals surface area contributed by atoms with Crippen LogP contribution in [0.1, 0.15) is 143 Å². The van der Waals surface area contributed by atoms with Crippen molar-refractivity contribution in [1.82, 2.24) is 4.57 Å². The fraction of sp³-hybridized carbons (Fsp3) is 0.258. The number of nitrogens with zero attached hydrogens (tertiary/aromatic N) is 2. The van der Waals surface area contributed by atoms with Gasteiger partial charge in [0.2, 0.25) is 0 Å². The van der Waals surface area contributed by atoms with Crippen molar-refractivity contribution in [3.63, 3.8) is 0 Å². The van der Waals surface area contributed by atoms with E-state index in [9.17, 15) is 0 Å². The van der Waals surface area contributed by atoms with Gasteiger partial charge in [-0.05, 0) is 202 Å². The molecule has 7 unspecified atom stereocenters. The third kappa shape index (κ3) is 11.9. The minimum absolute atomic E-state index is 0.0278. The fourth-order valence-corrected chi connectivity index (χ4v) is 15.7. The summed E-state index contributed by atoms with van der Waals surface area (Å²) in [6.07, 6.45) is 35.3. The van der Waals surface area contributed by atoms with E-state index in [4.69, 9.17) is 4.74 Å². The molecule has 0 saturated heterocycles. The third-order valence-corrected chi connectivity index (χ3v) is 21.0. The molecule has 0 fully saturated rings. The van der Waals surface area contributed by atoms with Crippen molar-refractivity contribution in [2.24, 2.45) is 23.7 Å². The van der Waals surface area contributed by atoms with Crippen LogP contribution in [0.2, 0.25) is 0 Å². The Morgan fingerprint density at radius 3 is 1.99 bits per heavy atom. The predicted molar refractivity (Wildman–Crippen MR) is 390 cm³/mol. The van der Waals surface area contributed by atoms with Crippen molar-refractivity contribution < 1.29 is 4.74 Å². The summed E-state index contributed by atoms with van der Waals surface area (Å²) in [4.78, 5) is 2.53. The Labute approximate surface area is 547 Å². The first kappa shape index (κ1) is 60.4. The molecule has 9 aromatic rings. The highest BCUT2D eigenvalue weighted by Gasteiger charge is 2.46. The minimum Gasteiger partial charge on any atom is -0.494 e. The highest BCUT2D eigenvalue weighted by molar-refractivity contribution is 5.88. The fourth-order valence-electron chi connectivity index (χ4n) is 15.7. The number of anilines is 2. The van der Waals surface area contributed by atoms with Crippen molar-refractivity contribution in [2.45, 2.75) is 115 Å². The zero-order valence-electron chi connectivity index (χ0n) is 54.6. The van der Waals surface area contributed by atoms with Crippen molar-refractivity contribution >= 4 is 40.5 Å². The van der Waals surface area contributed by atoms with Crippen molar-refractivity contribution in [1.29, 1.82) is 0 Å². The van der Waals surface area contributed by atoms with Gasteiger partial charge in [-0.2, -0.15) is 0 Å². The Hall–Kier alpha value is -9.18. The maximum absolute atomic E-state index is 6.55. The highest BCUT2D eigenvalue weighted by atomic mass is 16.5. The summed E-state index contributed by atoms with van der Waals surface area (Å²) in [5.41, 5.74) is 21.6. The second-order valence-corrected chi connectivity index (χ2v) is 28.1. The van der Waals surface area contributed by atoms with Gasteiger partial charge in [-0.3, -0.25) is 0 Å². The molecule has 3 nitrogen and oxygen atoms in total. The molecule has 0 radical (unpaired) electrons. The van der Waals surface area contributed by atoms with Crippen LogP contribution in [-0.2, 0) is 15.6 Å². The van der Waals surface area contributed by atoms with Crippen LogP contribution in [0.4, 0.5) is 11.4 Å². The second-order valence-electron chi connectivity index (χ2n) is 28.1. The van der Waals surface area contributed by atoms with Gasteiger partial charge < -0.3 is 14.2 Å². The van der Waals surface area contributed by atoms with Crippen molar-refractivity contribution in [3.05, 3.63) is 322 Å². The third-order valence-electron chi connectivity index (χ3n) is 21.0. The number of ether oxygens (including phenoxy) is 1. The largest absolute Gasteiger partial charge is 0.494 e. The molecule has 14 rings (SSSR count). The average molecular weight is 1200 g/mol. The van der Waals surface area contributed by atoms with E-state index >= 15 is 0 Å². The highest BCUT2D eigenvalue weighted by Crippen LogP contribution is 2.57. The van der Waals surface area contributed by atoms with Crippen LogP contribution in [0.5, 0.6) is 0 Å². The van der Waals surface area contributed by atoms with Gasteiger partial charge in [-0.25, -0.2) is 0 Å². The van der Waals surface area contributed by atoms with E-state index in [1.807, 2.05) is 6.08 Å². The standard InChI is InChI=1S/C89H88N2O/c1-8-63-26-30-66(31-27-63)68-38-51-79(52-39-68)92-60-62(4)25-24-61(3)59-89(74-44-42-73(43-45-74)88(5,6)7)84-23-17-16-22-80(84)81-53-50-78(58-85(81)89)90(76-46-34-67(35-47-76)65-18-12-10-13-19-65)77-48-36-70(37-49-77)72-41-55-87-83(57-72)82-56-71(69-32-28-64(9-2)29-33-69)40-54-86(82)91(87)75-20-14-11-15-21-75/h8-23,26-27,30-32,34-36,38,41-58,61-62,64,68,70-71H,1-2,24-25,28-29,33,37,39-40,59-60H2,3-7H3. The van der Waals surface area contributed by atoms with Gasteiger partial charge in [0.15, 0.2) is 0 Å². The quantitative estimate of drug-likeness (QED) is 0.0751. The smallest absolute Gasteiger partial charge is 0.115 e. The van der Waals surface area contributed by atoms with E-state index in [1.165, 1.54) is 101 Å². The molecule has 0 aliphatic heterocycles. The average Bonchev–Trinajstić information content (AvgIpc) is 1.87. The van der Waals surface area contributed by atoms with E-state index < -0.39 is 5.41 Å². The second kappa shape index (κ2) is 25.8. The van der Waals surface area contributed by atoms with Crippen LogP contribution in [0.25, 0.3) is 57.1 Å². The molecule has 5 aliphatic rings. The number of hydrogen-bond donors (Lipinski definition) is 0. The van der Waals surface area contributed by atoms with Crippen LogP contribution in [0, 0.1) is 23.7 Å². The van der Waals surface area contributed by atoms with Gasteiger partial charge in [0.25, 0.3) is 0 Å². The van der Waals surface area contributed by atoms with Gasteiger partial charge in [0.05, 0.1) is 12.1 Å². The Morgan fingerprint density at radius 1 is 0.609 bits per heavy atom. The summed E-state index contributed by atoms with van der Waals surface area (Å²) in [5.74, 6) is 3.39. The molecule has 92 heavy (non-hydrogen) atoms. The number of rotatable bonds is 19. The first-order chi connectivity index (χ1) is 44.9. The molecule has 0 bridgehead atoms. The molecule has 7 atom stereocenters. The zero-order valence-corrected chi connectivity index (χ0v) is 54.6. The molecule has 5 aliphatic carbocycles. The molecule has 0 amide bonds. The van der Waals surface area contributed by atoms with Gasteiger partial charge in [-0.15, -0.1) is 6.58 Å². The monoisotopic (exact) mass is 1200 g/mol. The molecule has 460 valence electrons. The lowest BCUT2D eigenvalue weighted by Gasteiger charge is -2.37. The number of hydrogen-bond acceptors (Lipinski definition) is 2. The number of allylic oxidation sites excluding steroid dienone is 9. The number of benzene rings is 8. The molecular weight excluding hydrogens is 1110 g/mol. The van der Waals surface area contributed by atoms with E-state index in [0.29, 0.717) is 36.2 Å². The van der Waals surface area contributed by atoms with Gasteiger partial charge >= 0.3 is 0 Å². The molecule has 3 heteroatoms. The number of aromatic nitrogens is 1. The first-order valence-electron chi connectivity index (χ1n) is 34.1. The molecule has 1 heterocycles. The van der Waals surface area contributed by atoms with Crippen LogP contribution in [0.3, 0.4) is 0 Å². The van der Waals surface area contributed by atoms with E-state index in [-0.39, 0.29) is 11.3 Å². The van der Waals surface area contributed by atoms with E-state index in [2.05, 4.69) is 312 Å². The molecule has 1 aromatic heterocycles. The van der Waals surface area contributed by atoms with Gasteiger partial charge in [0, 0.05) is 61.9 Å². The summed E-state index contributed by atoms with van der Waals surface area (Å²) in [7, 11) is 0. The Kier molecular flexibility index (Phi) is 17.0. The van der Waals surface area contributed by atoms with E-state index in [0.717, 1.165) is 68.4 Å². The molecule has 0 spiro atoms. The topological polar surface area (TPSA) is 17.4 Å². The van der Waals surface area contributed by atoms with Gasteiger partial charge in [0.1, 0.15) is 5.76 Å². The number of fused-ring (bicyclic) bond motifs is 6. The lowest BCUT2D eigenvalue weighted by atomic mass is 9.66. The summed E-state index contributed by atoms with van der Waals surface area (Å²) < 4.78 is 9.04. The summed E-state index contributed by atoms with van der Waals surface area (Å²) in [6, 6.07) is 73.5. The summed E-state index contributed by atoms with van der Waals surface area (Å²) in [6.45, 7) is 20.6. The summed E-state index contributed by atoms with van der Waals surface area (Å²) in [5, 5.41) is 4.02.